The average Bonchev–Trinajstić information content (AvgIpc) is 2.27. The fraction of sp³-hybridized carbons (Fsp3) is 1.00. The smallest absolute Gasteiger partial charge is 0.383 e. The molecule has 4 heteroatoms. The first-order chi connectivity index (χ1) is 8.28. The second kappa shape index (κ2) is 8.03. The van der Waals surface area contributed by atoms with Crippen molar-refractivity contribution in [3.63, 3.8) is 0 Å². The second-order valence-electron chi connectivity index (χ2n) is 5.51. The SMILES string of the molecule is CCCCCCCC(C)(CCC)C(O)C(F)(F)F. The Morgan fingerprint density at radius 1 is 0.889 bits per heavy atom. The van der Waals surface area contributed by atoms with Crippen LogP contribution >= 0.6 is 0 Å². The third-order valence-electron chi connectivity index (χ3n) is 3.64. The Morgan fingerprint density at radius 2 is 1.44 bits per heavy atom. The molecule has 1 nitrogen and oxygen atoms in total. The van der Waals surface area contributed by atoms with E-state index in [-0.39, 0.29) is 0 Å². The van der Waals surface area contributed by atoms with Crippen molar-refractivity contribution in [3.8, 4) is 0 Å². The average molecular weight is 268 g/mol. The largest absolute Gasteiger partial charge is 0.414 e. The Morgan fingerprint density at radius 3 is 1.89 bits per heavy atom. The molecule has 0 amide bonds. The Labute approximate surface area is 109 Å². The summed E-state index contributed by atoms with van der Waals surface area (Å²) in [5.41, 5.74) is -1.03. The molecule has 0 aliphatic carbocycles. The van der Waals surface area contributed by atoms with Crippen molar-refractivity contribution in [1.82, 2.24) is 0 Å². The summed E-state index contributed by atoms with van der Waals surface area (Å²) in [6.07, 6.45) is -0.124. The normalized spacial score (nSPS) is 17.5. The van der Waals surface area contributed by atoms with E-state index in [4.69, 9.17) is 0 Å². The summed E-state index contributed by atoms with van der Waals surface area (Å²) in [6.45, 7) is 5.53. The minimum atomic E-state index is -4.51. The van der Waals surface area contributed by atoms with Gasteiger partial charge >= 0.3 is 6.18 Å². The van der Waals surface area contributed by atoms with Crippen molar-refractivity contribution >= 4 is 0 Å². The maximum Gasteiger partial charge on any atom is 0.414 e. The third kappa shape index (κ3) is 6.07. The van der Waals surface area contributed by atoms with E-state index >= 15 is 0 Å². The molecule has 18 heavy (non-hydrogen) atoms. The van der Waals surface area contributed by atoms with Gasteiger partial charge in [0.05, 0.1) is 0 Å². The van der Waals surface area contributed by atoms with Gasteiger partial charge in [0.15, 0.2) is 6.10 Å². The predicted octanol–water partition coefficient (Wildman–Crippen LogP) is 5.08. The van der Waals surface area contributed by atoms with Gasteiger partial charge in [-0.2, -0.15) is 13.2 Å². The molecule has 0 aromatic rings. The highest BCUT2D eigenvalue weighted by atomic mass is 19.4. The number of unbranched alkanes of at least 4 members (excludes halogenated alkanes) is 4. The number of hydrogen-bond acceptors (Lipinski definition) is 1. The molecule has 0 saturated carbocycles. The molecule has 0 radical (unpaired) electrons. The predicted molar refractivity (Wildman–Crippen MR) is 68.5 cm³/mol. The zero-order chi connectivity index (χ0) is 14.2. The van der Waals surface area contributed by atoms with Crippen LogP contribution in [0.4, 0.5) is 13.2 Å². The highest BCUT2D eigenvalue weighted by Gasteiger charge is 2.49. The van der Waals surface area contributed by atoms with Gasteiger partial charge in [0, 0.05) is 5.41 Å². The van der Waals surface area contributed by atoms with E-state index in [0.29, 0.717) is 19.3 Å². The molecule has 0 rings (SSSR count). The lowest BCUT2D eigenvalue weighted by molar-refractivity contribution is -0.239. The number of aliphatic hydroxyl groups is 1. The van der Waals surface area contributed by atoms with Crippen molar-refractivity contribution in [2.75, 3.05) is 0 Å². The summed E-state index contributed by atoms with van der Waals surface area (Å²) in [6, 6.07) is 0. The summed E-state index contributed by atoms with van der Waals surface area (Å²) in [5, 5.41) is 9.51. The van der Waals surface area contributed by atoms with E-state index in [1.807, 2.05) is 6.92 Å². The van der Waals surface area contributed by atoms with Gasteiger partial charge in [-0.1, -0.05) is 59.3 Å². The van der Waals surface area contributed by atoms with Crippen LogP contribution in [0.15, 0.2) is 0 Å². The van der Waals surface area contributed by atoms with Crippen molar-refractivity contribution < 1.29 is 18.3 Å². The first-order valence-corrected chi connectivity index (χ1v) is 7.02. The first kappa shape index (κ1) is 17.8. The number of aliphatic hydroxyl groups excluding tert-OH is 1. The molecule has 0 fully saturated rings. The van der Waals surface area contributed by atoms with Gasteiger partial charge < -0.3 is 5.11 Å². The number of hydrogen-bond donors (Lipinski definition) is 1. The summed E-state index contributed by atoms with van der Waals surface area (Å²) < 4.78 is 37.9. The maximum absolute atomic E-state index is 12.6. The maximum atomic E-state index is 12.6. The summed E-state index contributed by atoms with van der Waals surface area (Å²) >= 11 is 0. The molecule has 0 aliphatic rings. The molecule has 0 aliphatic heterocycles. The van der Waals surface area contributed by atoms with Crippen molar-refractivity contribution in [2.45, 2.75) is 84.4 Å². The van der Waals surface area contributed by atoms with Crippen LogP contribution < -0.4 is 0 Å². The molecule has 0 aromatic carbocycles. The van der Waals surface area contributed by atoms with E-state index in [1.165, 1.54) is 0 Å². The van der Waals surface area contributed by atoms with Gasteiger partial charge in [-0.05, 0) is 12.8 Å². The van der Waals surface area contributed by atoms with Gasteiger partial charge in [0.1, 0.15) is 0 Å². The summed E-state index contributed by atoms with van der Waals surface area (Å²) in [4.78, 5) is 0. The van der Waals surface area contributed by atoms with Gasteiger partial charge in [-0.15, -0.1) is 0 Å². The standard InChI is InChI=1S/C14H27F3O/c1-4-6-7-8-9-11-13(3,10-5-2)12(18)14(15,16)17/h12,18H,4-11H2,1-3H3. The third-order valence-corrected chi connectivity index (χ3v) is 3.64. The highest BCUT2D eigenvalue weighted by Crippen LogP contribution is 2.41. The Bertz CT molecular complexity index is 216. The molecule has 0 saturated heterocycles. The van der Waals surface area contributed by atoms with Gasteiger partial charge in [0.2, 0.25) is 0 Å². The molecule has 0 heterocycles. The molecular formula is C14H27F3O. The summed E-state index contributed by atoms with van der Waals surface area (Å²) in [5.74, 6) is 0. The monoisotopic (exact) mass is 268 g/mol. The Balaban J connectivity index is 4.34. The number of halogens is 3. The zero-order valence-corrected chi connectivity index (χ0v) is 11.8. The topological polar surface area (TPSA) is 20.2 Å². The van der Waals surface area contributed by atoms with Crippen LogP contribution in [0.3, 0.4) is 0 Å². The lowest BCUT2D eigenvalue weighted by Gasteiger charge is -2.35. The highest BCUT2D eigenvalue weighted by molar-refractivity contribution is 4.86. The van der Waals surface area contributed by atoms with Crippen LogP contribution in [0.5, 0.6) is 0 Å². The minimum absolute atomic E-state index is 0.418. The lowest BCUT2D eigenvalue weighted by atomic mass is 9.75. The van der Waals surface area contributed by atoms with E-state index in [1.54, 1.807) is 6.92 Å². The van der Waals surface area contributed by atoms with Crippen LogP contribution in [0.25, 0.3) is 0 Å². The molecule has 0 bridgehead atoms. The second-order valence-corrected chi connectivity index (χ2v) is 5.51. The van der Waals surface area contributed by atoms with Crippen LogP contribution in [0.1, 0.15) is 72.1 Å². The molecule has 2 unspecified atom stereocenters. The van der Waals surface area contributed by atoms with E-state index in [9.17, 15) is 18.3 Å². The van der Waals surface area contributed by atoms with Crippen LogP contribution in [0.2, 0.25) is 0 Å². The van der Waals surface area contributed by atoms with Crippen molar-refractivity contribution in [2.24, 2.45) is 5.41 Å². The van der Waals surface area contributed by atoms with E-state index in [2.05, 4.69) is 6.92 Å². The lowest BCUT2D eigenvalue weighted by Crippen LogP contribution is -2.43. The van der Waals surface area contributed by atoms with Gasteiger partial charge in [-0.3, -0.25) is 0 Å². The summed E-state index contributed by atoms with van der Waals surface area (Å²) in [7, 11) is 0. The number of alkyl halides is 3. The van der Waals surface area contributed by atoms with E-state index < -0.39 is 17.7 Å². The quantitative estimate of drug-likeness (QED) is 0.578. The van der Waals surface area contributed by atoms with Crippen LogP contribution in [-0.2, 0) is 0 Å². The molecule has 0 spiro atoms. The van der Waals surface area contributed by atoms with Gasteiger partial charge in [-0.25, -0.2) is 0 Å². The fourth-order valence-corrected chi connectivity index (χ4v) is 2.50. The fourth-order valence-electron chi connectivity index (χ4n) is 2.50. The van der Waals surface area contributed by atoms with Gasteiger partial charge in [0.25, 0.3) is 0 Å². The molecular weight excluding hydrogens is 241 g/mol. The molecule has 0 aromatic heterocycles. The zero-order valence-electron chi connectivity index (χ0n) is 11.8. The van der Waals surface area contributed by atoms with Crippen molar-refractivity contribution in [3.05, 3.63) is 0 Å². The number of rotatable bonds is 9. The Hall–Kier alpha value is -0.250. The van der Waals surface area contributed by atoms with Crippen LogP contribution in [0, 0.1) is 5.41 Å². The van der Waals surface area contributed by atoms with Crippen LogP contribution in [-0.4, -0.2) is 17.4 Å². The molecule has 1 N–H and O–H groups in total. The first-order valence-electron chi connectivity index (χ1n) is 7.02. The van der Waals surface area contributed by atoms with Crippen molar-refractivity contribution in [1.29, 1.82) is 0 Å². The molecule has 2 atom stereocenters. The van der Waals surface area contributed by atoms with E-state index in [0.717, 1.165) is 32.1 Å². The minimum Gasteiger partial charge on any atom is -0.383 e. The molecule has 110 valence electrons. The Kier molecular flexibility index (Phi) is 7.92.